The van der Waals surface area contributed by atoms with Crippen molar-refractivity contribution in [3.05, 3.63) is 35.5 Å². The van der Waals surface area contributed by atoms with Crippen LogP contribution in [0, 0.1) is 5.41 Å². The molecule has 0 aromatic heterocycles. The van der Waals surface area contributed by atoms with Crippen molar-refractivity contribution in [2.24, 2.45) is 27.9 Å². The number of amides is 1. The third-order valence-corrected chi connectivity index (χ3v) is 2.42. The summed E-state index contributed by atoms with van der Waals surface area (Å²) in [6.45, 7) is 0.831. The number of amidine groups is 1. The third-order valence-electron chi connectivity index (χ3n) is 2.42. The standard InChI is InChI=1S/C13H18N6O2/c14-5-6-21-9-3-1-8(2-4-9)19-12(17)11(13(18)20)10(16)7-15/h1-4,7,15H,5-6,14,16H2,(H2,17,19)(H2,18,20)/b11-10+,15-7?. The summed E-state index contributed by atoms with van der Waals surface area (Å²) in [5.41, 5.74) is 21.9. The molecule has 0 heterocycles. The second-order valence-electron chi connectivity index (χ2n) is 3.97. The molecule has 0 bridgehead atoms. The van der Waals surface area contributed by atoms with Gasteiger partial charge in [-0.05, 0) is 24.3 Å². The van der Waals surface area contributed by atoms with Crippen molar-refractivity contribution >= 4 is 23.6 Å². The van der Waals surface area contributed by atoms with Gasteiger partial charge in [-0.1, -0.05) is 0 Å². The number of allylic oxidation sites excluding steroid dienone is 1. The lowest BCUT2D eigenvalue weighted by atomic mass is 10.2. The Bertz CT molecular complexity index is 577. The molecule has 8 heteroatoms. The topological polar surface area (TPSA) is 167 Å². The van der Waals surface area contributed by atoms with Crippen LogP contribution in [0.4, 0.5) is 5.69 Å². The molecule has 0 saturated heterocycles. The van der Waals surface area contributed by atoms with E-state index in [0.29, 0.717) is 24.6 Å². The van der Waals surface area contributed by atoms with E-state index in [9.17, 15) is 4.79 Å². The van der Waals surface area contributed by atoms with Gasteiger partial charge in [-0.3, -0.25) is 4.79 Å². The van der Waals surface area contributed by atoms with E-state index in [4.69, 9.17) is 33.1 Å². The Morgan fingerprint density at radius 1 is 1.24 bits per heavy atom. The lowest BCUT2D eigenvalue weighted by Crippen LogP contribution is -2.30. The van der Waals surface area contributed by atoms with Crippen molar-refractivity contribution in [2.45, 2.75) is 0 Å². The number of nitrogens with zero attached hydrogens (tertiary/aromatic N) is 1. The molecular weight excluding hydrogens is 272 g/mol. The number of aliphatic imine (C=N–C) groups is 1. The first-order valence-electron chi connectivity index (χ1n) is 6.07. The minimum Gasteiger partial charge on any atom is -0.492 e. The average Bonchev–Trinajstić information content (AvgIpc) is 2.46. The van der Waals surface area contributed by atoms with Crippen molar-refractivity contribution in [2.75, 3.05) is 13.2 Å². The summed E-state index contributed by atoms with van der Waals surface area (Å²) < 4.78 is 5.32. The summed E-state index contributed by atoms with van der Waals surface area (Å²) >= 11 is 0. The molecule has 1 rings (SSSR count). The van der Waals surface area contributed by atoms with E-state index in [2.05, 4.69) is 4.99 Å². The van der Waals surface area contributed by atoms with Crippen molar-refractivity contribution in [1.29, 1.82) is 5.41 Å². The predicted molar refractivity (Wildman–Crippen MR) is 81.5 cm³/mol. The fourth-order valence-electron chi connectivity index (χ4n) is 1.48. The molecule has 0 unspecified atom stereocenters. The smallest absolute Gasteiger partial charge is 0.254 e. The molecule has 1 aromatic carbocycles. The third kappa shape index (κ3) is 4.62. The van der Waals surface area contributed by atoms with E-state index in [1.807, 2.05) is 0 Å². The highest BCUT2D eigenvalue weighted by Gasteiger charge is 2.14. The number of nitrogens with two attached hydrogens (primary N) is 4. The van der Waals surface area contributed by atoms with Gasteiger partial charge in [-0.2, -0.15) is 0 Å². The van der Waals surface area contributed by atoms with Crippen molar-refractivity contribution < 1.29 is 9.53 Å². The highest BCUT2D eigenvalue weighted by Crippen LogP contribution is 2.18. The van der Waals surface area contributed by atoms with Crippen molar-refractivity contribution in [1.82, 2.24) is 0 Å². The first-order valence-corrected chi connectivity index (χ1v) is 6.07. The van der Waals surface area contributed by atoms with Crippen molar-refractivity contribution in [3.8, 4) is 5.75 Å². The highest BCUT2D eigenvalue weighted by atomic mass is 16.5. The summed E-state index contributed by atoms with van der Waals surface area (Å²) in [6, 6.07) is 6.68. The van der Waals surface area contributed by atoms with E-state index in [1.54, 1.807) is 24.3 Å². The molecule has 0 aliphatic carbocycles. The maximum Gasteiger partial charge on any atom is 0.254 e. The van der Waals surface area contributed by atoms with Crippen LogP contribution in [-0.4, -0.2) is 31.1 Å². The van der Waals surface area contributed by atoms with Gasteiger partial charge in [0.25, 0.3) is 5.91 Å². The molecule has 0 fully saturated rings. The molecule has 0 saturated carbocycles. The van der Waals surface area contributed by atoms with Gasteiger partial charge in [0.1, 0.15) is 23.8 Å². The van der Waals surface area contributed by atoms with Gasteiger partial charge in [-0.25, -0.2) is 4.99 Å². The molecule has 0 spiro atoms. The van der Waals surface area contributed by atoms with Gasteiger partial charge in [0, 0.05) is 12.8 Å². The van der Waals surface area contributed by atoms with Crippen LogP contribution in [-0.2, 0) is 4.79 Å². The van der Waals surface area contributed by atoms with E-state index in [-0.39, 0.29) is 17.1 Å². The first-order chi connectivity index (χ1) is 9.99. The summed E-state index contributed by atoms with van der Waals surface area (Å²) in [5, 5.41) is 7.05. The van der Waals surface area contributed by atoms with Gasteiger partial charge < -0.3 is 33.1 Å². The van der Waals surface area contributed by atoms with Crippen LogP contribution in [0.1, 0.15) is 0 Å². The lowest BCUT2D eigenvalue weighted by Gasteiger charge is -2.06. The van der Waals surface area contributed by atoms with Gasteiger partial charge in [0.2, 0.25) is 0 Å². The number of hydrogen-bond donors (Lipinski definition) is 5. The largest absolute Gasteiger partial charge is 0.492 e. The van der Waals surface area contributed by atoms with E-state index >= 15 is 0 Å². The SMILES string of the molecule is N=C/C(N)=C(\C(N)=O)C(N)=Nc1ccc(OCCN)cc1. The molecule has 112 valence electrons. The average molecular weight is 290 g/mol. The Morgan fingerprint density at radius 3 is 2.33 bits per heavy atom. The molecule has 1 amide bonds. The summed E-state index contributed by atoms with van der Waals surface area (Å²) in [5.74, 6) is -0.359. The summed E-state index contributed by atoms with van der Waals surface area (Å²) in [6.07, 6.45) is 0.784. The second-order valence-corrected chi connectivity index (χ2v) is 3.97. The van der Waals surface area contributed by atoms with Crippen LogP contribution < -0.4 is 27.7 Å². The van der Waals surface area contributed by atoms with Crippen molar-refractivity contribution in [3.63, 3.8) is 0 Å². The van der Waals surface area contributed by atoms with E-state index in [0.717, 1.165) is 6.21 Å². The maximum absolute atomic E-state index is 11.3. The Morgan fingerprint density at radius 2 is 1.86 bits per heavy atom. The zero-order valence-corrected chi connectivity index (χ0v) is 11.4. The number of benzene rings is 1. The highest BCUT2D eigenvalue weighted by molar-refractivity contribution is 6.22. The lowest BCUT2D eigenvalue weighted by molar-refractivity contribution is -0.114. The second kappa shape index (κ2) is 7.65. The fraction of sp³-hybridized carbons (Fsp3) is 0.154. The molecule has 0 aliphatic rings. The summed E-state index contributed by atoms with van der Waals surface area (Å²) in [4.78, 5) is 15.3. The number of hydrogen-bond acceptors (Lipinski definition) is 6. The van der Waals surface area contributed by atoms with Crippen LogP contribution in [0.25, 0.3) is 0 Å². The number of carbonyl (C=O) groups is 1. The van der Waals surface area contributed by atoms with Crippen LogP contribution in [0.2, 0.25) is 0 Å². The first kappa shape index (κ1) is 16.2. The molecule has 9 N–H and O–H groups in total. The van der Waals surface area contributed by atoms with E-state index in [1.165, 1.54) is 0 Å². The monoisotopic (exact) mass is 290 g/mol. The number of nitrogens with one attached hydrogen (secondary N) is 1. The number of primary amides is 1. The van der Waals surface area contributed by atoms with Gasteiger partial charge >= 0.3 is 0 Å². The molecule has 0 aliphatic heterocycles. The minimum absolute atomic E-state index is 0.147. The molecule has 0 atom stereocenters. The fourth-order valence-corrected chi connectivity index (χ4v) is 1.48. The molecule has 21 heavy (non-hydrogen) atoms. The zero-order chi connectivity index (χ0) is 15.8. The zero-order valence-electron chi connectivity index (χ0n) is 11.4. The minimum atomic E-state index is -0.847. The predicted octanol–water partition coefficient (Wildman–Crippen LogP) is -0.640. The van der Waals surface area contributed by atoms with E-state index < -0.39 is 5.91 Å². The van der Waals surface area contributed by atoms with Crippen LogP contribution in [0.15, 0.2) is 40.5 Å². The van der Waals surface area contributed by atoms with Gasteiger partial charge in [0.15, 0.2) is 0 Å². The molecular formula is C13H18N6O2. The Balaban J connectivity index is 3.01. The van der Waals surface area contributed by atoms with Crippen LogP contribution in [0.5, 0.6) is 5.75 Å². The van der Waals surface area contributed by atoms with Gasteiger partial charge in [0.05, 0.1) is 11.4 Å². The quantitative estimate of drug-likeness (QED) is 0.255. The number of rotatable bonds is 7. The van der Waals surface area contributed by atoms with Gasteiger partial charge in [-0.15, -0.1) is 0 Å². The Kier molecular flexibility index (Phi) is 5.90. The normalized spacial score (nSPS) is 12.5. The Hall–Kier alpha value is -2.87. The number of carbonyl (C=O) groups excluding carboxylic acids is 1. The summed E-state index contributed by atoms with van der Waals surface area (Å²) in [7, 11) is 0. The molecule has 1 aromatic rings. The maximum atomic E-state index is 11.3. The number of ether oxygens (including phenoxy) is 1. The van der Waals surface area contributed by atoms with Crippen LogP contribution in [0.3, 0.4) is 0 Å². The molecule has 8 nitrogen and oxygen atoms in total. The van der Waals surface area contributed by atoms with Crippen LogP contribution >= 0.6 is 0 Å². The molecule has 0 radical (unpaired) electrons. The Labute approximate surface area is 122 Å².